The fourth-order valence-electron chi connectivity index (χ4n) is 2.20. The summed E-state index contributed by atoms with van der Waals surface area (Å²) in [6.45, 7) is 5.57. The first-order valence-corrected chi connectivity index (χ1v) is 8.42. The van der Waals surface area contributed by atoms with Gasteiger partial charge >= 0.3 is 0 Å². The molecule has 1 aromatic carbocycles. The van der Waals surface area contributed by atoms with Crippen molar-refractivity contribution in [2.75, 3.05) is 10.6 Å². The van der Waals surface area contributed by atoms with Crippen LogP contribution in [-0.4, -0.2) is 22.1 Å². The lowest BCUT2D eigenvalue weighted by Crippen LogP contribution is -2.31. The van der Waals surface area contributed by atoms with Crippen LogP contribution < -0.4 is 10.6 Å². The van der Waals surface area contributed by atoms with Crippen LogP contribution in [0.25, 0.3) is 11.3 Å². The van der Waals surface area contributed by atoms with E-state index in [1.807, 2.05) is 36.6 Å². The van der Waals surface area contributed by atoms with E-state index >= 15 is 0 Å². The van der Waals surface area contributed by atoms with Crippen molar-refractivity contribution in [1.82, 2.24) is 10.1 Å². The average molecular weight is 342 g/mol. The minimum atomic E-state index is -0.414. The molecule has 2 aromatic heterocycles. The molecule has 0 radical (unpaired) electrons. The van der Waals surface area contributed by atoms with Crippen LogP contribution in [0.5, 0.6) is 0 Å². The number of hydrogen-bond acceptors (Lipinski definition) is 6. The number of hydrogen-bond donors (Lipinski definition) is 2. The molecule has 0 bridgehead atoms. The average Bonchev–Trinajstić information content (AvgIpc) is 3.16. The zero-order valence-corrected chi connectivity index (χ0v) is 14.5. The fourth-order valence-corrected chi connectivity index (χ4v) is 2.82. The molecule has 0 unspecified atom stereocenters. The number of carbonyl (C=O) groups is 1. The summed E-state index contributed by atoms with van der Waals surface area (Å²) in [6, 6.07) is 9.11. The van der Waals surface area contributed by atoms with Crippen molar-refractivity contribution in [1.29, 1.82) is 0 Å². The van der Waals surface area contributed by atoms with Crippen LogP contribution in [0, 0.1) is 13.8 Å². The number of amides is 1. The summed E-state index contributed by atoms with van der Waals surface area (Å²) in [6.07, 6.45) is 0. The standard InChI is InChI=1S/C17H18N4O2S/c1-10-8-16(23-21-10)20-17(22)11(2)18-14-6-4-13(5-7-14)15-9-24-12(3)19-15/h4-9,11,18H,1-3H3,(H,20,22)/t11-/m0/s1. The van der Waals surface area contributed by atoms with E-state index in [2.05, 4.69) is 20.8 Å². The molecule has 7 heteroatoms. The maximum Gasteiger partial charge on any atom is 0.248 e. The van der Waals surface area contributed by atoms with Crippen LogP contribution in [0.4, 0.5) is 11.6 Å². The highest BCUT2D eigenvalue weighted by Crippen LogP contribution is 2.23. The predicted molar refractivity (Wildman–Crippen MR) is 95.2 cm³/mol. The van der Waals surface area contributed by atoms with Crippen molar-refractivity contribution in [3.8, 4) is 11.3 Å². The second-order valence-electron chi connectivity index (χ2n) is 5.52. The van der Waals surface area contributed by atoms with Gasteiger partial charge in [-0.1, -0.05) is 17.3 Å². The van der Waals surface area contributed by atoms with Gasteiger partial charge in [0.2, 0.25) is 11.8 Å². The number of nitrogens with zero attached hydrogens (tertiary/aromatic N) is 2. The Hall–Kier alpha value is -2.67. The van der Waals surface area contributed by atoms with Crippen LogP contribution in [0.1, 0.15) is 17.6 Å². The van der Waals surface area contributed by atoms with E-state index in [0.29, 0.717) is 5.88 Å². The molecule has 2 heterocycles. The fraction of sp³-hybridized carbons (Fsp3) is 0.235. The summed E-state index contributed by atoms with van der Waals surface area (Å²) in [5.74, 6) is 0.158. The highest BCUT2D eigenvalue weighted by atomic mass is 32.1. The van der Waals surface area contributed by atoms with E-state index < -0.39 is 6.04 Å². The third-order valence-corrected chi connectivity index (χ3v) is 4.22. The number of aromatic nitrogens is 2. The number of aryl methyl sites for hydroxylation is 2. The van der Waals surface area contributed by atoms with Crippen molar-refractivity contribution in [2.24, 2.45) is 0 Å². The topological polar surface area (TPSA) is 80.0 Å². The first-order valence-electron chi connectivity index (χ1n) is 7.54. The van der Waals surface area contributed by atoms with Gasteiger partial charge in [-0.2, -0.15) is 0 Å². The van der Waals surface area contributed by atoms with Crippen molar-refractivity contribution in [3.63, 3.8) is 0 Å². The van der Waals surface area contributed by atoms with Gasteiger partial charge in [0.25, 0.3) is 0 Å². The molecule has 0 aliphatic rings. The summed E-state index contributed by atoms with van der Waals surface area (Å²) in [7, 11) is 0. The van der Waals surface area contributed by atoms with Gasteiger partial charge in [-0.15, -0.1) is 11.3 Å². The minimum Gasteiger partial charge on any atom is -0.374 e. The first kappa shape index (κ1) is 16.2. The lowest BCUT2D eigenvalue weighted by Gasteiger charge is -2.14. The molecular weight excluding hydrogens is 324 g/mol. The minimum absolute atomic E-state index is 0.189. The zero-order valence-electron chi connectivity index (χ0n) is 13.7. The van der Waals surface area contributed by atoms with Gasteiger partial charge in [-0.25, -0.2) is 4.98 Å². The Morgan fingerprint density at radius 3 is 2.58 bits per heavy atom. The van der Waals surface area contributed by atoms with Crippen molar-refractivity contribution in [3.05, 3.63) is 46.4 Å². The molecule has 1 amide bonds. The smallest absolute Gasteiger partial charge is 0.248 e. The van der Waals surface area contributed by atoms with Crippen LogP contribution in [0.2, 0.25) is 0 Å². The Bertz CT molecular complexity index is 838. The first-order chi connectivity index (χ1) is 11.5. The van der Waals surface area contributed by atoms with Crippen LogP contribution in [-0.2, 0) is 4.79 Å². The largest absolute Gasteiger partial charge is 0.374 e. The van der Waals surface area contributed by atoms with Gasteiger partial charge in [0.05, 0.1) is 16.4 Å². The molecule has 6 nitrogen and oxygen atoms in total. The second kappa shape index (κ2) is 6.84. The second-order valence-corrected chi connectivity index (χ2v) is 6.58. The van der Waals surface area contributed by atoms with Gasteiger partial charge in [0, 0.05) is 22.7 Å². The molecule has 3 aromatic rings. The molecule has 0 fully saturated rings. The van der Waals surface area contributed by atoms with Gasteiger partial charge in [-0.05, 0) is 32.9 Å². The summed E-state index contributed by atoms with van der Waals surface area (Å²) in [5.41, 5.74) is 3.61. The molecule has 24 heavy (non-hydrogen) atoms. The quantitative estimate of drug-likeness (QED) is 0.736. The molecule has 0 saturated carbocycles. The zero-order chi connectivity index (χ0) is 17.1. The molecule has 0 aliphatic heterocycles. The summed E-state index contributed by atoms with van der Waals surface area (Å²) in [4.78, 5) is 16.6. The third-order valence-electron chi connectivity index (χ3n) is 3.45. The van der Waals surface area contributed by atoms with E-state index in [-0.39, 0.29) is 5.91 Å². The number of benzene rings is 1. The lowest BCUT2D eigenvalue weighted by atomic mass is 10.1. The van der Waals surface area contributed by atoms with Crippen molar-refractivity contribution in [2.45, 2.75) is 26.8 Å². The van der Waals surface area contributed by atoms with E-state index in [0.717, 1.165) is 27.6 Å². The highest BCUT2D eigenvalue weighted by Gasteiger charge is 2.15. The monoisotopic (exact) mass is 342 g/mol. The Morgan fingerprint density at radius 1 is 1.25 bits per heavy atom. The predicted octanol–water partition coefficient (Wildman–Crippen LogP) is 3.85. The molecule has 0 aliphatic carbocycles. The Morgan fingerprint density at radius 2 is 2.00 bits per heavy atom. The lowest BCUT2D eigenvalue weighted by molar-refractivity contribution is -0.116. The summed E-state index contributed by atoms with van der Waals surface area (Å²) in [5, 5.41) is 12.7. The Labute approximate surface area is 143 Å². The molecular formula is C17H18N4O2S. The molecule has 0 saturated heterocycles. The van der Waals surface area contributed by atoms with Crippen LogP contribution >= 0.6 is 11.3 Å². The maximum atomic E-state index is 12.1. The van der Waals surface area contributed by atoms with Gasteiger partial charge in [-0.3, -0.25) is 10.1 Å². The number of carbonyl (C=O) groups excluding carboxylic acids is 1. The van der Waals surface area contributed by atoms with Gasteiger partial charge in [0.1, 0.15) is 6.04 Å². The van der Waals surface area contributed by atoms with E-state index in [4.69, 9.17) is 4.52 Å². The number of rotatable bonds is 5. The highest BCUT2D eigenvalue weighted by molar-refractivity contribution is 7.09. The third kappa shape index (κ3) is 3.80. The molecule has 124 valence electrons. The SMILES string of the molecule is Cc1cc(NC(=O)[C@H](C)Nc2ccc(-c3csc(C)n3)cc2)on1. The number of thiazole rings is 1. The molecule has 0 spiro atoms. The van der Waals surface area contributed by atoms with Crippen molar-refractivity contribution < 1.29 is 9.32 Å². The van der Waals surface area contributed by atoms with Gasteiger partial charge < -0.3 is 9.84 Å². The van der Waals surface area contributed by atoms with Crippen molar-refractivity contribution >= 4 is 28.8 Å². The molecule has 3 rings (SSSR count). The van der Waals surface area contributed by atoms with Crippen LogP contribution in [0.3, 0.4) is 0 Å². The molecule has 1 atom stereocenters. The van der Waals surface area contributed by atoms with E-state index in [1.165, 1.54) is 0 Å². The summed E-state index contributed by atoms with van der Waals surface area (Å²) >= 11 is 1.63. The number of nitrogens with one attached hydrogen (secondary N) is 2. The molecule has 2 N–H and O–H groups in total. The van der Waals surface area contributed by atoms with Crippen LogP contribution in [0.15, 0.2) is 40.2 Å². The van der Waals surface area contributed by atoms with E-state index in [9.17, 15) is 4.79 Å². The van der Waals surface area contributed by atoms with Gasteiger partial charge in [0.15, 0.2) is 0 Å². The van der Waals surface area contributed by atoms with E-state index in [1.54, 1.807) is 31.3 Å². The normalized spacial score (nSPS) is 12.0. The summed E-state index contributed by atoms with van der Waals surface area (Å²) < 4.78 is 4.99. The Balaban J connectivity index is 1.61. The Kier molecular flexibility index (Phi) is 4.61. The maximum absolute atomic E-state index is 12.1. The number of anilines is 2.